The van der Waals surface area contributed by atoms with E-state index in [1.54, 1.807) is 24.3 Å². The third-order valence-electron chi connectivity index (χ3n) is 3.10. The van der Waals surface area contributed by atoms with Crippen molar-refractivity contribution < 1.29 is 4.79 Å². The number of halogens is 1. The van der Waals surface area contributed by atoms with E-state index in [0.717, 1.165) is 16.1 Å². The Bertz CT molecular complexity index is 849. The van der Waals surface area contributed by atoms with Gasteiger partial charge in [-0.15, -0.1) is 10.2 Å². The van der Waals surface area contributed by atoms with Gasteiger partial charge in [0.15, 0.2) is 0 Å². The molecule has 0 bridgehead atoms. The van der Waals surface area contributed by atoms with E-state index in [0.29, 0.717) is 15.8 Å². The van der Waals surface area contributed by atoms with Crippen LogP contribution in [0.4, 0.5) is 15.6 Å². The summed E-state index contributed by atoms with van der Waals surface area (Å²) in [6, 6.07) is 14.4. The van der Waals surface area contributed by atoms with Crippen LogP contribution >= 0.6 is 22.9 Å². The number of anilines is 2. The second-order valence-electron chi connectivity index (χ2n) is 4.82. The Balaban J connectivity index is 1.69. The highest BCUT2D eigenvalue weighted by Gasteiger charge is 2.11. The minimum absolute atomic E-state index is 0.389. The first-order valence-electron chi connectivity index (χ1n) is 6.85. The van der Waals surface area contributed by atoms with Crippen LogP contribution in [0.15, 0.2) is 48.5 Å². The standard InChI is InChI=1S/C16H13ClN4OS/c1-10-5-2-3-8-13(10)14-20-21-16(23-14)19-15(22)18-12-7-4-6-11(17)9-12/h2-9H,1H3,(H2,18,19,21,22). The molecule has 1 heterocycles. The molecule has 2 aromatic carbocycles. The molecule has 7 heteroatoms. The highest BCUT2D eigenvalue weighted by molar-refractivity contribution is 7.18. The molecule has 0 spiro atoms. The van der Waals surface area contributed by atoms with Crippen LogP contribution in [0, 0.1) is 6.92 Å². The lowest BCUT2D eigenvalue weighted by molar-refractivity contribution is 0.262. The third kappa shape index (κ3) is 3.85. The fourth-order valence-electron chi connectivity index (χ4n) is 2.02. The Morgan fingerprint density at radius 3 is 2.70 bits per heavy atom. The predicted octanol–water partition coefficient (Wildman–Crippen LogP) is 4.81. The lowest BCUT2D eigenvalue weighted by Gasteiger charge is -2.05. The number of carbonyl (C=O) groups excluding carboxylic acids is 1. The lowest BCUT2D eigenvalue weighted by atomic mass is 10.1. The predicted molar refractivity (Wildman–Crippen MR) is 94.2 cm³/mol. The van der Waals surface area contributed by atoms with Gasteiger partial charge in [-0.3, -0.25) is 5.32 Å². The molecule has 0 saturated heterocycles. The summed E-state index contributed by atoms with van der Waals surface area (Å²) in [6.07, 6.45) is 0. The van der Waals surface area contributed by atoms with Crippen LogP contribution < -0.4 is 10.6 Å². The highest BCUT2D eigenvalue weighted by atomic mass is 35.5. The fraction of sp³-hybridized carbons (Fsp3) is 0.0625. The number of nitrogens with zero attached hydrogens (tertiary/aromatic N) is 2. The Morgan fingerprint density at radius 2 is 1.91 bits per heavy atom. The summed E-state index contributed by atoms with van der Waals surface area (Å²) in [6.45, 7) is 2.01. The summed E-state index contributed by atoms with van der Waals surface area (Å²) >= 11 is 7.20. The topological polar surface area (TPSA) is 66.9 Å². The van der Waals surface area contributed by atoms with Crippen LogP contribution in [0.1, 0.15) is 5.56 Å². The molecule has 2 amide bonds. The molecule has 1 aromatic heterocycles. The molecule has 0 unspecified atom stereocenters. The summed E-state index contributed by atoms with van der Waals surface area (Å²) in [7, 11) is 0. The van der Waals surface area contributed by atoms with Crippen molar-refractivity contribution in [3.05, 3.63) is 59.1 Å². The van der Waals surface area contributed by atoms with Gasteiger partial charge in [0.1, 0.15) is 5.01 Å². The van der Waals surface area contributed by atoms with Gasteiger partial charge in [-0.2, -0.15) is 0 Å². The number of aromatic nitrogens is 2. The molecule has 0 aliphatic heterocycles. The van der Waals surface area contributed by atoms with Crippen molar-refractivity contribution in [1.82, 2.24) is 10.2 Å². The Kier molecular flexibility index (Phi) is 4.55. The van der Waals surface area contributed by atoms with E-state index in [1.807, 2.05) is 31.2 Å². The molecule has 3 aromatic rings. The lowest BCUT2D eigenvalue weighted by Crippen LogP contribution is -2.19. The van der Waals surface area contributed by atoms with Gasteiger partial charge in [0.2, 0.25) is 5.13 Å². The molecule has 23 heavy (non-hydrogen) atoms. The second-order valence-corrected chi connectivity index (χ2v) is 6.23. The first-order valence-corrected chi connectivity index (χ1v) is 8.04. The second kappa shape index (κ2) is 6.76. The Hall–Kier alpha value is -2.44. The van der Waals surface area contributed by atoms with E-state index in [9.17, 15) is 4.79 Å². The monoisotopic (exact) mass is 344 g/mol. The molecule has 3 rings (SSSR count). The van der Waals surface area contributed by atoms with Crippen LogP contribution in [-0.4, -0.2) is 16.2 Å². The average molecular weight is 345 g/mol. The number of aryl methyl sites for hydroxylation is 1. The molecule has 0 atom stereocenters. The van der Waals surface area contributed by atoms with Gasteiger partial charge in [0.25, 0.3) is 0 Å². The van der Waals surface area contributed by atoms with Gasteiger partial charge in [-0.05, 0) is 30.7 Å². The van der Waals surface area contributed by atoms with Crippen molar-refractivity contribution in [2.24, 2.45) is 0 Å². The molecule has 0 aliphatic rings. The Morgan fingerprint density at radius 1 is 1.09 bits per heavy atom. The van der Waals surface area contributed by atoms with Crippen molar-refractivity contribution in [1.29, 1.82) is 0 Å². The maximum absolute atomic E-state index is 12.0. The van der Waals surface area contributed by atoms with Crippen LogP contribution in [0.5, 0.6) is 0 Å². The van der Waals surface area contributed by atoms with Crippen LogP contribution in [0.25, 0.3) is 10.6 Å². The number of rotatable bonds is 3. The van der Waals surface area contributed by atoms with Gasteiger partial charge in [0, 0.05) is 16.3 Å². The molecular weight excluding hydrogens is 332 g/mol. The summed E-state index contributed by atoms with van der Waals surface area (Å²) in [4.78, 5) is 12.0. The van der Waals surface area contributed by atoms with E-state index in [4.69, 9.17) is 11.6 Å². The first-order chi connectivity index (χ1) is 11.1. The van der Waals surface area contributed by atoms with Crippen molar-refractivity contribution in [3.63, 3.8) is 0 Å². The number of benzene rings is 2. The number of nitrogens with one attached hydrogen (secondary N) is 2. The summed E-state index contributed by atoms with van der Waals surface area (Å²) in [5.41, 5.74) is 2.73. The SMILES string of the molecule is Cc1ccccc1-c1nnc(NC(=O)Nc2cccc(Cl)c2)s1. The van der Waals surface area contributed by atoms with Crippen molar-refractivity contribution >= 4 is 39.8 Å². The molecular formula is C16H13ClN4OS. The quantitative estimate of drug-likeness (QED) is 0.716. The van der Waals surface area contributed by atoms with E-state index in [-0.39, 0.29) is 6.03 Å². The molecule has 0 saturated carbocycles. The van der Waals surface area contributed by atoms with Gasteiger partial charge in [-0.25, -0.2) is 4.79 Å². The minimum Gasteiger partial charge on any atom is -0.308 e. The number of hydrogen-bond acceptors (Lipinski definition) is 4. The van der Waals surface area contributed by atoms with Gasteiger partial charge in [0.05, 0.1) is 0 Å². The molecule has 2 N–H and O–H groups in total. The van der Waals surface area contributed by atoms with Crippen molar-refractivity contribution in [3.8, 4) is 10.6 Å². The zero-order valence-corrected chi connectivity index (χ0v) is 13.8. The first kappa shape index (κ1) is 15.5. The van der Waals surface area contributed by atoms with E-state index in [1.165, 1.54) is 11.3 Å². The van der Waals surface area contributed by atoms with Gasteiger partial charge in [-0.1, -0.05) is 53.3 Å². The van der Waals surface area contributed by atoms with Crippen LogP contribution in [0.2, 0.25) is 5.02 Å². The maximum Gasteiger partial charge on any atom is 0.325 e. The molecule has 116 valence electrons. The van der Waals surface area contributed by atoms with E-state index >= 15 is 0 Å². The maximum atomic E-state index is 12.0. The van der Waals surface area contributed by atoms with Crippen LogP contribution in [0.3, 0.4) is 0 Å². The smallest absolute Gasteiger partial charge is 0.308 e. The highest BCUT2D eigenvalue weighted by Crippen LogP contribution is 2.28. The number of amides is 2. The van der Waals surface area contributed by atoms with Crippen LogP contribution in [-0.2, 0) is 0 Å². The van der Waals surface area contributed by atoms with Crippen molar-refractivity contribution in [2.45, 2.75) is 6.92 Å². The normalized spacial score (nSPS) is 10.3. The zero-order chi connectivity index (χ0) is 16.2. The third-order valence-corrected chi connectivity index (χ3v) is 4.21. The molecule has 0 radical (unpaired) electrons. The van der Waals surface area contributed by atoms with Gasteiger partial charge < -0.3 is 5.32 Å². The molecule has 5 nitrogen and oxygen atoms in total. The summed E-state index contributed by atoms with van der Waals surface area (Å²) in [5.74, 6) is 0. The minimum atomic E-state index is -0.389. The number of carbonyl (C=O) groups is 1. The van der Waals surface area contributed by atoms with E-state index in [2.05, 4.69) is 20.8 Å². The largest absolute Gasteiger partial charge is 0.325 e. The Labute approximate surface area is 142 Å². The summed E-state index contributed by atoms with van der Waals surface area (Å²) in [5, 5.41) is 15.3. The summed E-state index contributed by atoms with van der Waals surface area (Å²) < 4.78 is 0. The fourth-order valence-corrected chi connectivity index (χ4v) is 3.04. The average Bonchev–Trinajstić information content (AvgIpc) is 2.95. The van der Waals surface area contributed by atoms with Gasteiger partial charge >= 0.3 is 6.03 Å². The molecule has 0 aliphatic carbocycles. The number of hydrogen-bond donors (Lipinski definition) is 2. The van der Waals surface area contributed by atoms with E-state index < -0.39 is 0 Å². The molecule has 0 fully saturated rings. The zero-order valence-electron chi connectivity index (χ0n) is 12.2. The number of urea groups is 1. The van der Waals surface area contributed by atoms with Crippen molar-refractivity contribution in [2.75, 3.05) is 10.6 Å².